The van der Waals surface area contributed by atoms with Crippen molar-refractivity contribution in [2.45, 2.75) is 19.3 Å². The Bertz CT molecular complexity index is 1580. The van der Waals surface area contributed by atoms with Crippen LogP contribution in [0.15, 0.2) is 78.9 Å². The quantitative estimate of drug-likeness (QED) is 0.315. The van der Waals surface area contributed by atoms with Crippen LogP contribution in [0.25, 0.3) is 27.9 Å². The molecule has 0 radical (unpaired) electrons. The van der Waals surface area contributed by atoms with Gasteiger partial charge in [0.05, 0.1) is 16.5 Å². The molecule has 1 amide bonds. The molecule has 6 rings (SSSR count). The largest absolute Gasteiger partial charge is 0.339 e. The van der Waals surface area contributed by atoms with Gasteiger partial charge in [0.1, 0.15) is 0 Å². The van der Waals surface area contributed by atoms with Crippen LogP contribution in [-0.2, 0) is 4.79 Å². The molecule has 2 aromatic heterocycles. The number of rotatable bonds is 5. The van der Waals surface area contributed by atoms with Crippen molar-refractivity contribution in [2.75, 3.05) is 31.1 Å². The molecule has 0 N–H and O–H groups in total. The van der Waals surface area contributed by atoms with Gasteiger partial charge in [0.15, 0.2) is 11.5 Å². The topological polar surface area (TPSA) is 66.6 Å². The van der Waals surface area contributed by atoms with Crippen LogP contribution in [0.5, 0.6) is 0 Å². The molecule has 1 fully saturated rings. The molecule has 3 aromatic carbocycles. The van der Waals surface area contributed by atoms with E-state index in [2.05, 4.69) is 22.0 Å². The number of para-hydroxylation sites is 1. The highest BCUT2D eigenvalue weighted by Gasteiger charge is 2.29. The molecule has 1 aliphatic heterocycles. The third kappa shape index (κ3) is 4.19. The highest BCUT2D eigenvalue weighted by atomic mass is 35.5. The van der Waals surface area contributed by atoms with Crippen LogP contribution in [0.2, 0.25) is 5.02 Å². The van der Waals surface area contributed by atoms with Gasteiger partial charge in [-0.1, -0.05) is 73.1 Å². The average Bonchev–Trinajstić information content (AvgIpc) is 3.39. The Hall–Kier alpha value is -3.97. The molecule has 1 saturated heterocycles. The van der Waals surface area contributed by atoms with Gasteiger partial charge in [-0.2, -0.15) is 0 Å². The number of hydrogen-bond acceptors (Lipinski definition) is 5. The standard InChI is InChI=1S/C29H27ClN6O/c1-2-21(20-10-4-3-5-11-20)28(37)34-16-18-35(19-17-34)29-31-25-15-9-7-13-23(25)27-33-32-26(36(27)29)22-12-6-8-14-24(22)30/h3-15,21H,2,16-19H2,1H3/t21-/m1/s1. The summed E-state index contributed by atoms with van der Waals surface area (Å²) in [7, 11) is 0. The van der Waals surface area contributed by atoms with Crippen molar-refractivity contribution in [3.8, 4) is 11.4 Å². The van der Waals surface area contributed by atoms with Gasteiger partial charge in [-0.05, 0) is 36.2 Å². The van der Waals surface area contributed by atoms with E-state index >= 15 is 0 Å². The third-order valence-electron chi connectivity index (χ3n) is 7.13. The van der Waals surface area contributed by atoms with Crippen LogP contribution >= 0.6 is 11.6 Å². The normalized spacial score (nSPS) is 14.9. The van der Waals surface area contributed by atoms with Crippen LogP contribution < -0.4 is 4.90 Å². The summed E-state index contributed by atoms with van der Waals surface area (Å²) in [6.07, 6.45) is 0.776. The number of piperazine rings is 1. The number of amides is 1. The van der Waals surface area contributed by atoms with Crippen LogP contribution in [-0.4, -0.2) is 56.6 Å². The lowest BCUT2D eigenvalue weighted by Crippen LogP contribution is -2.50. The van der Waals surface area contributed by atoms with Gasteiger partial charge in [0, 0.05) is 37.1 Å². The summed E-state index contributed by atoms with van der Waals surface area (Å²) < 4.78 is 2.00. The lowest BCUT2D eigenvalue weighted by atomic mass is 9.95. The Kier molecular flexibility index (Phi) is 6.22. The number of fused-ring (bicyclic) bond motifs is 3. The first-order chi connectivity index (χ1) is 18.2. The van der Waals surface area contributed by atoms with Crippen molar-refractivity contribution in [1.82, 2.24) is 24.5 Å². The van der Waals surface area contributed by atoms with Crippen molar-refractivity contribution in [3.63, 3.8) is 0 Å². The summed E-state index contributed by atoms with van der Waals surface area (Å²) in [6, 6.07) is 25.7. The van der Waals surface area contributed by atoms with E-state index in [1.807, 2.05) is 88.2 Å². The Labute approximate surface area is 220 Å². The lowest BCUT2D eigenvalue weighted by Gasteiger charge is -2.37. The molecule has 0 bridgehead atoms. The van der Waals surface area contributed by atoms with E-state index in [-0.39, 0.29) is 11.8 Å². The fourth-order valence-corrected chi connectivity index (χ4v) is 5.40. The molecule has 186 valence electrons. The molecule has 8 heteroatoms. The van der Waals surface area contributed by atoms with Gasteiger partial charge >= 0.3 is 0 Å². The smallest absolute Gasteiger partial charge is 0.230 e. The molecule has 1 atom stereocenters. The number of hydrogen-bond donors (Lipinski definition) is 0. The van der Waals surface area contributed by atoms with E-state index < -0.39 is 0 Å². The van der Waals surface area contributed by atoms with Crippen molar-refractivity contribution in [3.05, 3.63) is 89.4 Å². The van der Waals surface area contributed by atoms with Gasteiger partial charge in [-0.15, -0.1) is 10.2 Å². The first-order valence-corrected chi connectivity index (χ1v) is 13.0. The number of carbonyl (C=O) groups excluding carboxylic acids is 1. The predicted octanol–water partition coefficient (Wildman–Crippen LogP) is 5.44. The summed E-state index contributed by atoms with van der Waals surface area (Å²) in [5, 5.41) is 10.6. The van der Waals surface area contributed by atoms with Crippen molar-refractivity contribution in [1.29, 1.82) is 0 Å². The summed E-state index contributed by atoms with van der Waals surface area (Å²) in [4.78, 5) is 22.7. The predicted molar refractivity (Wildman–Crippen MR) is 147 cm³/mol. The van der Waals surface area contributed by atoms with Crippen molar-refractivity contribution >= 4 is 40.0 Å². The summed E-state index contributed by atoms with van der Waals surface area (Å²) >= 11 is 6.56. The average molecular weight is 511 g/mol. The Balaban J connectivity index is 1.35. The van der Waals surface area contributed by atoms with Crippen LogP contribution in [0, 0.1) is 0 Å². The summed E-state index contributed by atoms with van der Waals surface area (Å²) in [5.74, 6) is 1.48. The van der Waals surface area contributed by atoms with E-state index in [0.717, 1.165) is 40.0 Å². The molecule has 7 nitrogen and oxygen atoms in total. The molecule has 0 unspecified atom stereocenters. The molecule has 0 aliphatic carbocycles. The van der Waals surface area contributed by atoms with Crippen LogP contribution in [0.1, 0.15) is 24.8 Å². The minimum absolute atomic E-state index is 0.122. The summed E-state index contributed by atoms with van der Waals surface area (Å²) in [6.45, 7) is 4.66. The van der Waals surface area contributed by atoms with Gasteiger partial charge in [-0.25, -0.2) is 9.38 Å². The van der Waals surface area contributed by atoms with E-state index in [0.29, 0.717) is 37.0 Å². The maximum atomic E-state index is 13.4. The Morgan fingerprint density at radius 1 is 0.892 bits per heavy atom. The first-order valence-electron chi connectivity index (χ1n) is 12.6. The first kappa shape index (κ1) is 23.4. The number of halogens is 1. The van der Waals surface area contributed by atoms with E-state index in [1.54, 1.807) is 0 Å². The molecule has 3 heterocycles. The highest BCUT2D eigenvalue weighted by molar-refractivity contribution is 6.33. The Morgan fingerprint density at radius 3 is 2.35 bits per heavy atom. The molecule has 0 saturated carbocycles. The van der Waals surface area contributed by atoms with E-state index in [4.69, 9.17) is 16.6 Å². The Morgan fingerprint density at radius 2 is 1.59 bits per heavy atom. The number of aromatic nitrogens is 4. The minimum atomic E-state index is -0.122. The maximum Gasteiger partial charge on any atom is 0.230 e. The maximum absolute atomic E-state index is 13.4. The van der Waals surface area contributed by atoms with E-state index in [1.165, 1.54) is 0 Å². The monoisotopic (exact) mass is 510 g/mol. The summed E-state index contributed by atoms with van der Waals surface area (Å²) in [5.41, 5.74) is 3.47. The number of anilines is 1. The number of benzene rings is 3. The fraction of sp³-hybridized carbons (Fsp3) is 0.241. The molecular weight excluding hydrogens is 484 g/mol. The highest BCUT2D eigenvalue weighted by Crippen LogP contribution is 2.32. The van der Waals surface area contributed by atoms with Crippen molar-refractivity contribution in [2.24, 2.45) is 0 Å². The zero-order valence-corrected chi connectivity index (χ0v) is 21.3. The van der Waals surface area contributed by atoms with Gasteiger partial charge in [0.2, 0.25) is 11.9 Å². The number of carbonyl (C=O) groups is 1. The van der Waals surface area contributed by atoms with Crippen LogP contribution in [0.3, 0.4) is 0 Å². The molecule has 1 aliphatic rings. The van der Waals surface area contributed by atoms with Gasteiger partial charge in [0.25, 0.3) is 0 Å². The molecule has 0 spiro atoms. The van der Waals surface area contributed by atoms with Gasteiger partial charge < -0.3 is 9.80 Å². The van der Waals surface area contributed by atoms with E-state index in [9.17, 15) is 4.79 Å². The number of nitrogens with zero attached hydrogens (tertiary/aromatic N) is 6. The van der Waals surface area contributed by atoms with Crippen LogP contribution in [0.4, 0.5) is 5.95 Å². The SMILES string of the molecule is CC[C@@H](C(=O)N1CCN(c2nc3ccccc3c3nnc(-c4ccccc4Cl)n23)CC1)c1ccccc1. The fourth-order valence-electron chi connectivity index (χ4n) is 5.18. The minimum Gasteiger partial charge on any atom is -0.339 e. The lowest BCUT2D eigenvalue weighted by molar-refractivity contribution is -0.133. The van der Waals surface area contributed by atoms with Crippen molar-refractivity contribution < 1.29 is 4.79 Å². The molecule has 37 heavy (non-hydrogen) atoms. The molecular formula is C29H27ClN6O. The second-order valence-corrected chi connectivity index (χ2v) is 9.68. The zero-order valence-electron chi connectivity index (χ0n) is 20.6. The third-order valence-corrected chi connectivity index (χ3v) is 7.46. The van der Waals surface area contributed by atoms with Gasteiger partial charge in [-0.3, -0.25) is 4.79 Å². The molecule has 5 aromatic rings. The zero-order chi connectivity index (χ0) is 25.4. The second-order valence-electron chi connectivity index (χ2n) is 9.28. The second kappa shape index (κ2) is 9.82.